The molecule has 37 heavy (non-hydrogen) atoms. The van der Waals surface area contributed by atoms with Crippen LogP contribution in [0, 0.1) is 23.1 Å². The fourth-order valence-electron chi connectivity index (χ4n) is 7.78. The molecule has 3 aromatic rings. The molecule has 4 aliphatic rings. The van der Waals surface area contributed by atoms with Crippen LogP contribution in [0.25, 0.3) is 16.7 Å². The zero-order chi connectivity index (χ0) is 26.1. The summed E-state index contributed by atoms with van der Waals surface area (Å²) in [6, 6.07) is 7.52. The Morgan fingerprint density at radius 1 is 1.19 bits per heavy atom. The van der Waals surface area contributed by atoms with Crippen molar-refractivity contribution in [1.29, 1.82) is 0 Å². The van der Waals surface area contributed by atoms with E-state index in [1.807, 2.05) is 19.0 Å². The number of hydrogen-bond acceptors (Lipinski definition) is 4. The van der Waals surface area contributed by atoms with Crippen LogP contribution in [0.1, 0.15) is 62.2 Å². The lowest BCUT2D eigenvalue weighted by atomic mass is 9.46. The summed E-state index contributed by atoms with van der Waals surface area (Å²) in [6.45, 7) is 2.27. The summed E-state index contributed by atoms with van der Waals surface area (Å²) >= 11 is 6.44. The van der Waals surface area contributed by atoms with E-state index in [1.54, 1.807) is 16.7 Å². The van der Waals surface area contributed by atoms with Crippen LogP contribution in [0.4, 0.5) is 10.2 Å². The van der Waals surface area contributed by atoms with Crippen molar-refractivity contribution in [2.75, 3.05) is 19.0 Å². The molecule has 1 aromatic carbocycles. The number of halogens is 2. The highest BCUT2D eigenvalue weighted by molar-refractivity contribution is 6.32. The number of carbonyl (C=O) groups excluding carboxylic acids is 1. The Labute approximate surface area is 220 Å². The maximum atomic E-state index is 13.9. The minimum Gasteiger partial charge on any atom is -0.363 e. The van der Waals surface area contributed by atoms with E-state index in [1.165, 1.54) is 43.7 Å². The first-order valence-electron chi connectivity index (χ1n) is 13.1. The quantitative estimate of drug-likeness (QED) is 0.465. The van der Waals surface area contributed by atoms with Crippen LogP contribution in [0.15, 0.2) is 41.3 Å². The number of benzene rings is 1. The maximum Gasteiger partial charge on any atom is 0.257 e. The molecular weight excluding hydrogens is 491 g/mol. The first kappa shape index (κ1) is 24.4. The third-order valence-electron chi connectivity index (χ3n) is 9.02. The number of fused-ring (bicyclic) bond motifs is 1. The van der Waals surface area contributed by atoms with Gasteiger partial charge in [0, 0.05) is 25.8 Å². The number of aromatic nitrogens is 2. The number of nitrogens with one attached hydrogen (secondary N) is 1. The Bertz CT molecular complexity index is 1470. The molecule has 7 rings (SSSR count). The Hall–Kier alpha value is -2.93. The summed E-state index contributed by atoms with van der Waals surface area (Å²) in [6.07, 6.45) is 9.35. The van der Waals surface area contributed by atoms with Gasteiger partial charge in [-0.2, -0.15) is 0 Å². The number of carbonyl (C=O) groups is 1. The second-order valence-corrected chi connectivity index (χ2v) is 12.2. The van der Waals surface area contributed by atoms with Crippen LogP contribution in [-0.4, -0.2) is 35.1 Å². The Morgan fingerprint density at radius 2 is 1.92 bits per heavy atom. The van der Waals surface area contributed by atoms with Gasteiger partial charge in [-0.05, 0) is 86.1 Å². The molecule has 4 aliphatic carbocycles. The monoisotopic (exact) mass is 522 g/mol. The van der Waals surface area contributed by atoms with Crippen molar-refractivity contribution >= 4 is 34.4 Å². The molecule has 0 radical (unpaired) electrons. The van der Waals surface area contributed by atoms with E-state index in [-0.39, 0.29) is 27.5 Å². The predicted molar refractivity (Wildman–Crippen MR) is 144 cm³/mol. The number of rotatable bonds is 5. The summed E-state index contributed by atoms with van der Waals surface area (Å²) in [5, 5.41) is 3.84. The molecule has 1 amide bonds. The van der Waals surface area contributed by atoms with Gasteiger partial charge in [0.1, 0.15) is 17.2 Å². The van der Waals surface area contributed by atoms with Crippen molar-refractivity contribution in [3.63, 3.8) is 0 Å². The number of amides is 1. The summed E-state index contributed by atoms with van der Waals surface area (Å²) in [5.41, 5.74) is 0.536. The highest BCUT2D eigenvalue weighted by Gasteiger charge is 2.57. The lowest BCUT2D eigenvalue weighted by Crippen LogP contribution is -2.63. The SMILES string of the molecule is CCC12CC3CC(C1)CC(NC(=O)c1cn(-c4ccc(F)cc4Cl)c4nc(N(C)C)ccc4c1=O)(C3)C2. The minimum atomic E-state index is -0.467. The van der Waals surface area contributed by atoms with Gasteiger partial charge in [0.25, 0.3) is 5.91 Å². The second-order valence-electron chi connectivity index (χ2n) is 11.8. The van der Waals surface area contributed by atoms with Gasteiger partial charge in [-0.25, -0.2) is 9.37 Å². The van der Waals surface area contributed by atoms with Crippen molar-refractivity contribution in [2.24, 2.45) is 17.3 Å². The fourth-order valence-corrected chi connectivity index (χ4v) is 8.04. The molecule has 4 fully saturated rings. The van der Waals surface area contributed by atoms with Gasteiger partial charge in [0.05, 0.1) is 16.1 Å². The van der Waals surface area contributed by atoms with Crippen LogP contribution >= 0.6 is 11.6 Å². The fraction of sp³-hybridized carbons (Fsp3) is 0.483. The van der Waals surface area contributed by atoms with Crippen molar-refractivity contribution < 1.29 is 9.18 Å². The van der Waals surface area contributed by atoms with Crippen molar-refractivity contribution in [3.05, 3.63) is 63.2 Å². The molecule has 2 unspecified atom stereocenters. The van der Waals surface area contributed by atoms with Crippen LogP contribution < -0.4 is 15.6 Å². The third kappa shape index (κ3) is 4.02. The van der Waals surface area contributed by atoms with E-state index in [0.717, 1.165) is 25.7 Å². The third-order valence-corrected chi connectivity index (χ3v) is 9.32. The standard InChI is InChI=1S/C29H32ClFN4O2/c1-4-28-11-17-9-18(12-28)14-29(13-17,16-28)33-27(37)21-15-35(23-7-5-19(31)10-22(23)30)26-20(25(21)36)6-8-24(32-26)34(2)3/h5-8,10,15,17-18H,4,9,11-14,16H2,1-3H3,(H,33,37). The molecule has 2 aromatic heterocycles. The van der Waals surface area contributed by atoms with Gasteiger partial charge in [0.2, 0.25) is 5.43 Å². The van der Waals surface area contributed by atoms with E-state index in [9.17, 15) is 14.0 Å². The zero-order valence-electron chi connectivity index (χ0n) is 21.5. The molecule has 0 aliphatic heterocycles. The summed E-state index contributed by atoms with van der Waals surface area (Å²) in [7, 11) is 3.72. The number of nitrogens with zero attached hydrogens (tertiary/aromatic N) is 3. The molecule has 2 heterocycles. The van der Waals surface area contributed by atoms with E-state index >= 15 is 0 Å². The first-order chi connectivity index (χ1) is 17.6. The van der Waals surface area contributed by atoms with Crippen LogP contribution in [0.5, 0.6) is 0 Å². The van der Waals surface area contributed by atoms with Crippen LogP contribution in [0.2, 0.25) is 5.02 Å². The average molecular weight is 523 g/mol. The number of anilines is 1. The van der Waals surface area contributed by atoms with Crippen molar-refractivity contribution in [1.82, 2.24) is 14.9 Å². The molecule has 0 saturated heterocycles. The lowest BCUT2D eigenvalue weighted by Gasteiger charge is -2.62. The molecule has 1 N–H and O–H groups in total. The Kier molecular flexibility index (Phi) is 5.64. The maximum absolute atomic E-state index is 13.9. The van der Waals surface area contributed by atoms with Gasteiger partial charge in [-0.1, -0.05) is 24.9 Å². The molecule has 0 spiro atoms. The van der Waals surface area contributed by atoms with Gasteiger partial charge in [-0.3, -0.25) is 14.2 Å². The predicted octanol–water partition coefficient (Wildman–Crippen LogP) is 5.72. The summed E-state index contributed by atoms with van der Waals surface area (Å²) < 4.78 is 15.5. The summed E-state index contributed by atoms with van der Waals surface area (Å²) in [5.74, 6) is 1.10. The van der Waals surface area contributed by atoms with Crippen molar-refractivity contribution in [2.45, 2.75) is 57.4 Å². The lowest BCUT2D eigenvalue weighted by molar-refractivity contribution is -0.0795. The second kappa shape index (κ2) is 8.55. The van der Waals surface area contributed by atoms with Crippen LogP contribution in [-0.2, 0) is 0 Å². The normalized spacial score (nSPS) is 28.0. The van der Waals surface area contributed by atoms with Gasteiger partial charge < -0.3 is 10.2 Å². The number of hydrogen-bond donors (Lipinski definition) is 1. The molecule has 2 atom stereocenters. The molecule has 4 saturated carbocycles. The Morgan fingerprint density at radius 3 is 2.57 bits per heavy atom. The van der Waals surface area contributed by atoms with Crippen molar-refractivity contribution in [3.8, 4) is 5.69 Å². The van der Waals surface area contributed by atoms with E-state index in [4.69, 9.17) is 11.6 Å². The topological polar surface area (TPSA) is 67.2 Å². The van der Waals surface area contributed by atoms with E-state index in [2.05, 4.69) is 17.2 Å². The molecule has 8 heteroatoms. The van der Waals surface area contributed by atoms with Gasteiger partial charge in [0.15, 0.2) is 5.65 Å². The largest absolute Gasteiger partial charge is 0.363 e. The average Bonchev–Trinajstić information content (AvgIpc) is 2.83. The highest BCUT2D eigenvalue weighted by Crippen LogP contribution is 2.62. The first-order valence-corrected chi connectivity index (χ1v) is 13.5. The molecule has 4 bridgehead atoms. The Balaban J connectivity index is 1.46. The van der Waals surface area contributed by atoms with E-state index in [0.29, 0.717) is 39.8 Å². The van der Waals surface area contributed by atoms with Gasteiger partial charge in [-0.15, -0.1) is 0 Å². The van der Waals surface area contributed by atoms with E-state index < -0.39 is 5.82 Å². The molecular formula is C29H32ClFN4O2. The molecule has 6 nitrogen and oxygen atoms in total. The summed E-state index contributed by atoms with van der Waals surface area (Å²) in [4.78, 5) is 34.0. The smallest absolute Gasteiger partial charge is 0.257 e. The molecule has 194 valence electrons. The highest BCUT2D eigenvalue weighted by atomic mass is 35.5. The minimum absolute atomic E-state index is 0.0496. The van der Waals surface area contributed by atoms with Gasteiger partial charge >= 0.3 is 0 Å². The van der Waals surface area contributed by atoms with Crippen LogP contribution in [0.3, 0.4) is 0 Å². The number of pyridine rings is 2. The zero-order valence-corrected chi connectivity index (χ0v) is 22.2.